The standard InChI is InChI=1S/C15H19Cl2NO/c16-12-2-1-11(14(17)7-12)8-15(5-6-19-10-15)9-18-13-3-4-13/h1-2,7,13,18H,3-6,8-10H2. The highest BCUT2D eigenvalue weighted by Gasteiger charge is 2.37. The molecule has 1 unspecified atom stereocenters. The summed E-state index contributed by atoms with van der Waals surface area (Å²) < 4.78 is 5.64. The van der Waals surface area contributed by atoms with Crippen LogP contribution in [0.15, 0.2) is 18.2 Å². The van der Waals surface area contributed by atoms with Gasteiger partial charge in [-0.15, -0.1) is 0 Å². The van der Waals surface area contributed by atoms with Gasteiger partial charge in [-0.1, -0.05) is 29.3 Å². The number of nitrogens with one attached hydrogen (secondary N) is 1. The molecule has 0 amide bonds. The summed E-state index contributed by atoms with van der Waals surface area (Å²) in [6.45, 7) is 2.71. The Morgan fingerprint density at radius 2 is 2.16 bits per heavy atom. The monoisotopic (exact) mass is 299 g/mol. The maximum atomic E-state index is 6.30. The fourth-order valence-corrected chi connectivity index (χ4v) is 3.18. The molecular weight excluding hydrogens is 281 g/mol. The van der Waals surface area contributed by atoms with E-state index in [0.29, 0.717) is 5.02 Å². The summed E-state index contributed by atoms with van der Waals surface area (Å²) in [5, 5.41) is 5.11. The van der Waals surface area contributed by atoms with Crippen LogP contribution in [-0.2, 0) is 11.2 Å². The highest BCUT2D eigenvalue weighted by Crippen LogP contribution is 2.35. The highest BCUT2D eigenvalue weighted by molar-refractivity contribution is 6.35. The molecule has 4 heteroatoms. The molecule has 0 spiro atoms. The van der Waals surface area contributed by atoms with Crippen LogP contribution in [0.2, 0.25) is 10.0 Å². The van der Waals surface area contributed by atoms with Crippen LogP contribution in [-0.4, -0.2) is 25.8 Å². The first-order valence-corrected chi connectivity index (χ1v) is 7.68. The molecule has 19 heavy (non-hydrogen) atoms. The molecule has 2 aliphatic rings. The van der Waals surface area contributed by atoms with Crippen LogP contribution in [0.5, 0.6) is 0 Å². The summed E-state index contributed by atoms with van der Waals surface area (Å²) in [5.41, 5.74) is 1.37. The molecule has 0 bridgehead atoms. The summed E-state index contributed by atoms with van der Waals surface area (Å²) >= 11 is 12.3. The van der Waals surface area contributed by atoms with Crippen molar-refractivity contribution in [2.45, 2.75) is 31.7 Å². The van der Waals surface area contributed by atoms with Gasteiger partial charge in [0.1, 0.15) is 0 Å². The lowest BCUT2D eigenvalue weighted by atomic mass is 9.81. The van der Waals surface area contributed by atoms with E-state index in [0.717, 1.165) is 43.7 Å². The second-order valence-corrected chi connectivity index (χ2v) is 6.71. The summed E-state index contributed by atoms with van der Waals surface area (Å²) in [4.78, 5) is 0. The smallest absolute Gasteiger partial charge is 0.0538 e. The maximum absolute atomic E-state index is 6.30. The van der Waals surface area contributed by atoms with E-state index in [-0.39, 0.29) is 5.41 Å². The predicted octanol–water partition coefficient (Wildman–Crippen LogP) is 3.69. The van der Waals surface area contributed by atoms with E-state index in [2.05, 4.69) is 5.32 Å². The zero-order chi connectivity index (χ0) is 13.3. The van der Waals surface area contributed by atoms with Crippen LogP contribution in [0, 0.1) is 5.41 Å². The number of hydrogen-bond donors (Lipinski definition) is 1. The van der Waals surface area contributed by atoms with Gasteiger partial charge in [-0.25, -0.2) is 0 Å². The van der Waals surface area contributed by atoms with Crippen LogP contribution >= 0.6 is 23.2 Å². The van der Waals surface area contributed by atoms with Crippen LogP contribution in [0.25, 0.3) is 0 Å². The second kappa shape index (κ2) is 5.61. The minimum Gasteiger partial charge on any atom is -0.381 e. The van der Waals surface area contributed by atoms with Crippen molar-refractivity contribution >= 4 is 23.2 Å². The molecule has 2 nitrogen and oxygen atoms in total. The van der Waals surface area contributed by atoms with E-state index in [1.165, 1.54) is 18.4 Å². The highest BCUT2D eigenvalue weighted by atomic mass is 35.5. The third kappa shape index (κ3) is 3.43. The summed E-state index contributed by atoms with van der Waals surface area (Å²) in [5.74, 6) is 0. The lowest BCUT2D eigenvalue weighted by Gasteiger charge is -2.28. The quantitative estimate of drug-likeness (QED) is 0.895. The van der Waals surface area contributed by atoms with Crippen LogP contribution in [0.3, 0.4) is 0 Å². The number of hydrogen-bond acceptors (Lipinski definition) is 2. The van der Waals surface area contributed by atoms with Gasteiger partial charge in [0.05, 0.1) is 6.61 Å². The van der Waals surface area contributed by atoms with E-state index in [4.69, 9.17) is 27.9 Å². The maximum Gasteiger partial charge on any atom is 0.0538 e. The Balaban J connectivity index is 1.72. The van der Waals surface area contributed by atoms with Gasteiger partial charge in [0.15, 0.2) is 0 Å². The zero-order valence-corrected chi connectivity index (χ0v) is 12.4. The largest absolute Gasteiger partial charge is 0.381 e. The van der Waals surface area contributed by atoms with Gasteiger partial charge in [-0.2, -0.15) is 0 Å². The molecule has 1 atom stereocenters. The summed E-state index contributed by atoms with van der Waals surface area (Å²) in [7, 11) is 0. The molecule has 2 fully saturated rings. The molecule has 1 N–H and O–H groups in total. The molecule has 3 rings (SSSR count). The molecule has 1 aliphatic heterocycles. The van der Waals surface area contributed by atoms with Crippen LogP contribution in [0.1, 0.15) is 24.8 Å². The van der Waals surface area contributed by atoms with Gasteiger partial charge in [0.2, 0.25) is 0 Å². The van der Waals surface area contributed by atoms with Crippen molar-refractivity contribution in [3.63, 3.8) is 0 Å². The Bertz CT molecular complexity index is 453. The van der Waals surface area contributed by atoms with Gasteiger partial charge in [-0.05, 0) is 43.4 Å². The minimum atomic E-state index is 0.195. The molecule has 1 saturated carbocycles. The van der Waals surface area contributed by atoms with Crippen LogP contribution in [0.4, 0.5) is 0 Å². The predicted molar refractivity (Wildman–Crippen MR) is 79.1 cm³/mol. The van der Waals surface area contributed by atoms with E-state index in [1.54, 1.807) is 0 Å². The lowest BCUT2D eigenvalue weighted by molar-refractivity contribution is 0.149. The topological polar surface area (TPSA) is 21.3 Å². The van der Waals surface area contributed by atoms with E-state index in [1.807, 2.05) is 18.2 Å². The molecule has 1 heterocycles. The molecule has 0 aromatic heterocycles. The molecule has 104 valence electrons. The number of rotatable bonds is 5. The molecule has 1 aliphatic carbocycles. The molecule has 1 saturated heterocycles. The molecule has 0 radical (unpaired) electrons. The second-order valence-electron chi connectivity index (χ2n) is 5.87. The number of ether oxygens (including phenoxy) is 1. The summed E-state index contributed by atoms with van der Waals surface area (Å²) in [6.07, 6.45) is 4.70. The van der Waals surface area contributed by atoms with Crippen molar-refractivity contribution in [1.29, 1.82) is 0 Å². The van der Waals surface area contributed by atoms with Gasteiger partial charge in [0.25, 0.3) is 0 Å². The van der Waals surface area contributed by atoms with Crippen molar-refractivity contribution in [1.82, 2.24) is 5.32 Å². The van der Waals surface area contributed by atoms with Crippen molar-refractivity contribution < 1.29 is 4.74 Å². The van der Waals surface area contributed by atoms with Gasteiger partial charge >= 0.3 is 0 Å². The Morgan fingerprint density at radius 1 is 1.32 bits per heavy atom. The average Bonchev–Trinajstić information content (AvgIpc) is 3.11. The minimum absolute atomic E-state index is 0.195. The zero-order valence-electron chi connectivity index (χ0n) is 10.9. The number of halogens is 2. The van der Waals surface area contributed by atoms with Gasteiger partial charge in [-0.3, -0.25) is 0 Å². The normalized spacial score (nSPS) is 26.8. The Hall–Kier alpha value is -0.280. The fraction of sp³-hybridized carbons (Fsp3) is 0.600. The van der Waals surface area contributed by atoms with E-state index < -0.39 is 0 Å². The Labute approximate surface area is 124 Å². The number of benzene rings is 1. The first kappa shape index (κ1) is 13.7. The van der Waals surface area contributed by atoms with Crippen molar-refractivity contribution in [2.24, 2.45) is 5.41 Å². The van der Waals surface area contributed by atoms with Crippen molar-refractivity contribution in [3.05, 3.63) is 33.8 Å². The van der Waals surface area contributed by atoms with Gasteiger partial charge in [0, 0.05) is 34.7 Å². The molecule has 1 aromatic carbocycles. The SMILES string of the molecule is Clc1ccc(CC2(CNC3CC3)CCOC2)c(Cl)c1. The van der Waals surface area contributed by atoms with E-state index in [9.17, 15) is 0 Å². The average molecular weight is 300 g/mol. The summed E-state index contributed by atoms with van der Waals surface area (Å²) in [6, 6.07) is 6.52. The molecule has 1 aromatic rings. The fourth-order valence-electron chi connectivity index (χ4n) is 2.71. The van der Waals surface area contributed by atoms with Gasteiger partial charge < -0.3 is 10.1 Å². The molecular formula is C15H19Cl2NO. The van der Waals surface area contributed by atoms with Crippen LogP contribution < -0.4 is 5.32 Å². The van der Waals surface area contributed by atoms with Crippen molar-refractivity contribution in [3.8, 4) is 0 Å². The Morgan fingerprint density at radius 3 is 2.79 bits per heavy atom. The third-order valence-corrected chi connectivity index (χ3v) is 4.70. The van der Waals surface area contributed by atoms with Crippen molar-refractivity contribution in [2.75, 3.05) is 19.8 Å². The first-order valence-electron chi connectivity index (χ1n) is 6.92. The van der Waals surface area contributed by atoms with E-state index >= 15 is 0 Å². The Kier molecular flexibility index (Phi) is 4.04. The lowest BCUT2D eigenvalue weighted by Crippen LogP contribution is -2.37. The third-order valence-electron chi connectivity index (χ3n) is 4.11. The first-order chi connectivity index (χ1) is 9.17.